The summed E-state index contributed by atoms with van der Waals surface area (Å²) in [4.78, 5) is 0. The van der Waals surface area contributed by atoms with Crippen molar-refractivity contribution in [1.29, 1.82) is 0 Å². The second-order valence-corrected chi connectivity index (χ2v) is 4.85. The smallest absolute Gasteiger partial charge is 0.141 e. The maximum atomic E-state index is 10.2. The lowest BCUT2D eigenvalue weighted by molar-refractivity contribution is 0.00457. The number of aliphatic hydroxyl groups excluding tert-OH is 3. The van der Waals surface area contributed by atoms with Crippen LogP contribution in [0.15, 0.2) is 46.9 Å². The second-order valence-electron chi connectivity index (χ2n) is 4.85. The summed E-state index contributed by atoms with van der Waals surface area (Å²) in [5.74, 6) is 0. The Morgan fingerprint density at radius 1 is 0.950 bits per heavy atom. The summed E-state index contributed by atoms with van der Waals surface area (Å²) in [7, 11) is 0. The van der Waals surface area contributed by atoms with E-state index in [1.807, 2.05) is 36.4 Å². The van der Waals surface area contributed by atoms with Gasteiger partial charge in [-0.3, -0.25) is 0 Å². The summed E-state index contributed by atoms with van der Waals surface area (Å²) < 4.78 is 5.80. The predicted molar refractivity (Wildman–Crippen MR) is 76.4 cm³/mol. The van der Waals surface area contributed by atoms with Crippen LogP contribution >= 0.6 is 0 Å². The van der Waals surface area contributed by atoms with Gasteiger partial charge in [-0.05, 0) is 12.5 Å². The number of aliphatic hydroxyl groups is 3. The fraction of sp³-hybridized carbons (Fsp3) is 0.250. The predicted octanol–water partition coefficient (Wildman–Crippen LogP) is 2.36. The van der Waals surface area contributed by atoms with Gasteiger partial charge in [-0.25, -0.2) is 0 Å². The van der Waals surface area contributed by atoms with Gasteiger partial charge in [0, 0.05) is 22.9 Å². The van der Waals surface area contributed by atoms with Crippen molar-refractivity contribution < 1.29 is 19.7 Å². The lowest BCUT2D eigenvalue weighted by Gasteiger charge is -2.17. The van der Waals surface area contributed by atoms with Gasteiger partial charge in [0.25, 0.3) is 0 Å². The molecule has 1 heterocycles. The highest BCUT2D eigenvalue weighted by atomic mass is 16.3. The normalized spacial score (nSPS) is 14.8. The molecule has 2 aromatic carbocycles. The highest BCUT2D eigenvalue weighted by Gasteiger charge is 2.22. The standard InChI is InChI=1S/C16H16O4/c17-9-8-13(18)15(19)12-6-3-5-11-10-4-1-2-7-14(10)20-16(11)12/h1-7,13,15,17-19H,8-9H2. The molecule has 0 saturated heterocycles. The first-order chi connectivity index (χ1) is 9.72. The Hall–Kier alpha value is -1.88. The molecule has 0 aliphatic rings. The zero-order chi connectivity index (χ0) is 14.1. The van der Waals surface area contributed by atoms with Crippen molar-refractivity contribution in [3.63, 3.8) is 0 Å². The Labute approximate surface area is 115 Å². The molecule has 20 heavy (non-hydrogen) atoms. The van der Waals surface area contributed by atoms with Crippen molar-refractivity contribution in [3.8, 4) is 0 Å². The van der Waals surface area contributed by atoms with Gasteiger partial charge >= 0.3 is 0 Å². The Kier molecular flexibility index (Phi) is 3.44. The van der Waals surface area contributed by atoms with Gasteiger partial charge in [0.1, 0.15) is 17.3 Å². The Morgan fingerprint density at radius 2 is 1.70 bits per heavy atom. The molecular weight excluding hydrogens is 256 g/mol. The Bertz CT molecular complexity index is 732. The molecule has 0 amide bonds. The van der Waals surface area contributed by atoms with E-state index in [1.165, 1.54) is 0 Å². The van der Waals surface area contributed by atoms with E-state index < -0.39 is 12.2 Å². The van der Waals surface area contributed by atoms with Crippen LogP contribution in [0.3, 0.4) is 0 Å². The topological polar surface area (TPSA) is 73.8 Å². The van der Waals surface area contributed by atoms with Crippen LogP contribution in [0.1, 0.15) is 18.1 Å². The van der Waals surface area contributed by atoms with Gasteiger partial charge in [0.15, 0.2) is 0 Å². The first kappa shape index (κ1) is 13.1. The van der Waals surface area contributed by atoms with Gasteiger partial charge in [-0.2, -0.15) is 0 Å². The minimum atomic E-state index is -1.08. The third kappa shape index (κ3) is 2.08. The Balaban J connectivity index is 2.16. The molecule has 0 spiro atoms. The van der Waals surface area contributed by atoms with Crippen LogP contribution in [0.25, 0.3) is 21.9 Å². The third-order valence-electron chi connectivity index (χ3n) is 3.54. The molecule has 0 bridgehead atoms. The van der Waals surface area contributed by atoms with E-state index in [2.05, 4.69) is 0 Å². The number of hydrogen-bond acceptors (Lipinski definition) is 4. The average molecular weight is 272 g/mol. The molecule has 2 atom stereocenters. The van der Waals surface area contributed by atoms with Crippen molar-refractivity contribution in [2.45, 2.75) is 18.6 Å². The van der Waals surface area contributed by atoms with Crippen molar-refractivity contribution in [2.75, 3.05) is 6.61 Å². The highest BCUT2D eigenvalue weighted by Crippen LogP contribution is 2.34. The minimum absolute atomic E-state index is 0.123. The zero-order valence-electron chi connectivity index (χ0n) is 10.9. The number of rotatable bonds is 4. The maximum Gasteiger partial charge on any atom is 0.141 e. The fourth-order valence-electron chi connectivity index (χ4n) is 2.50. The molecule has 3 rings (SSSR count). The van der Waals surface area contributed by atoms with Crippen molar-refractivity contribution in [2.24, 2.45) is 0 Å². The quantitative estimate of drug-likeness (QED) is 0.681. The van der Waals surface area contributed by atoms with Crippen LogP contribution in [0.4, 0.5) is 0 Å². The van der Waals surface area contributed by atoms with E-state index >= 15 is 0 Å². The van der Waals surface area contributed by atoms with Gasteiger partial charge in [0.2, 0.25) is 0 Å². The lowest BCUT2D eigenvalue weighted by Crippen LogP contribution is -2.19. The first-order valence-corrected chi connectivity index (χ1v) is 6.59. The van der Waals surface area contributed by atoms with E-state index in [-0.39, 0.29) is 13.0 Å². The van der Waals surface area contributed by atoms with Crippen LogP contribution < -0.4 is 0 Å². The molecule has 104 valence electrons. The summed E-state index contributed by atoms with van der Waals surface area (Å²) in [6.07, 6.45) is -1.97. The number of para-hydroxylation sites is 2. The summed E-state index contributed by atoms with van der Waals surface area (Å²) in [6.45, 7) is -0.172. The van der Waals surface area contributed by atoms with Crippen LogP contribution in [0.2, 0.25) is 0 Å². The molecular formula is C16H16O4. The van der Waals surface area contributed by atoms with Crippen LogP contribution in [0.5, 0.6) is 0 Å². The van der Waals surface area contributed by atoms with E-state index in [4.69, 9.17) is 9.52 Å². The van der Waals surface area contributed by atoms with Crippen molar-refractivity contribution in [1.82, 2.24) is 0 Å². The monoisotopic (exact) mass is 272 g/mol. The van der Waals surface area contributed by atoms with Crippen molar-refractivity contribution >= 4 is 21.9 Å². The van der Waals surface area contributed by atoms with Crippen LogP contribution in [-0.4, -0.2) is 28.0 Å². The molecule has 0 aliphatic carbocycles. The zero-order valence-corrected chi connectivity index (χ0v) is 10.9. The third-order valence-corrected chi connectivity index (χ3v) is 3.54. The maximum absolute atomic E-state index is 10.2. The number of fused-ring (bicyclic) bond motifs is 3. The summed E-state index contributed by atoms with van der Waals surface area (Å²) in [5.41, 5.74) is 1.87. The van der Waals surface area contributed by atoms with E-state index in [0.717, 1.165) is 16.4 Å². The number of furan rings is 1. The molecule has 3 N–H and O–H groups in total. The molecule has 4 nitrogen and oxygen atoms in total. The molecule has 2 unspecified atom stereocenters. The highest BCUT2D eigenvalue weighted by molar-refractivity contribution is 6.05. The van der Waals surface area contributed by atoms with Gasteiger partial charge in [-0.15, -0.1) is 0 Å². The molecule has 3 aromatic rings. The molecule has 0 fully saturated rings. The van der Waals surface area contributed by atoms with E-state index in [0.29, 0.717) is 11.1 Å². The van der Waals surface area contributed by atoms with E-state index in [1.54, 1.807) is 6.07 Å². The average Bonchev–Trinajstić information content (AvgIpc) is 2.85. The van der Waals surface area contributed by atoms with E-state index in [9.17, 15) is 10.2 Å². The van der Waals surface area contributed by atoms with Gasteiger partial charge < -0.3 is 19.7 Å². The molecule has 0 radical (unpaired) electrons. The largest absolute Gasteiger partial charge is 0.456 e. The summed E-state index contributed by atoms with van der Waals surface area (Å²) in [5, 5.41) is 30.8. The summed E-state index contributed by atoms with van der Waals surface area (Å²) in [6, 6.07) is 13.1. The van der Waals surface area contributed by atoms with Gasteiger partial charge in [0.05, 0.1) is 6.10 Å². The molecule has 0 aliphatic heterocycles. The van der Waals surface area contributed by atoms with Crippen LogP contribution in [0, 0.1) is 0 Å². The summed E-state index contributed by atoms with van der Waals surface area (Å²) >= 11 is 0. The van der Waals surface area contributed by atoms with Crippen LogP contribution in [-0.2, 0) is 0 Å². The number of hydrogen-bond donors (Lipinski definition) is 3. The first-order valence-electron chi connectivity index (χ1n) is 6.59. The molecule has 4 heteroatoms. The van der Waals surface area contributed by atoms with Crippen molar-refractivity contribution in [3.05, 3.63) is 48.0 Å². The lowest BCUT2D eigenvalue weighted by atomic mass is 10.00. The SMILES string of the molecule is OCCC(O)C(O)c1cccc2c1oc1ccccc12. The second kappa shape index (κ2) is 5.25. The Morgan fingerprint density at radius 3 is 2.50 bits per heavy atom. The molecule has 0 saturated carbocycles. The fourth-order valence-corrected chi connectivity index (χ4v) is 2.50. The minimum Gasteiger partial charge on any atom is -0.456 e. The number of benzene rings is 2. The molecule has 1 aromatic heterocycles. The van der Waals surface area contributed by atoms with Gasteiger partial charge in [-0.1, -0.05) is 36.4 Å².